The molecule has 0 unspecified atom stereocenters. The minimum absolute atomic E-state index is 0.493. The Kier molecular flexibility index (Phi) is 6.23. The summed E-state index contributed by atoms with van der Waals surface area (Å²) < 4.78 is 5.71. The Balaban J connectivity index is 1.77. The van der Waals surface area contributed by atoms with Crippen LogP contribution in [0, 0.1) is 0 Å². The first-order valence-corrected chi connectivity index (χ1v) is 9.37. The van der Waals surface area contributed by atoms with Gasteiger partial charge in [-0.05, 0) is 61.8 Å². The van der Waals surface area contributed by atoms with E-state index in [4.69, 9.17) is 17.0 Å². The van der Waals surface area contributed by atoms with Gasteiger partial charge in [0.25, 0.3) is 0 Å². The molecule has 25 heavy (non-hydrogen) atoms. The van der Waals surface area contributed by atoms with Gasteiger partial charge in [-0.3, -0.25) is 4.98 Å². The summed E-state index contributed by atoms with van der Waals surface area (Å²) in [5.41, 5.74) is 2.15. The Labute approximate surface area is 155 Å². The third kappa shape index (κ3) is 4.69. The second kappa shape index (κ2) is 8.81. The van der Waals surface area contributed by atoms with E-state index in [9.17, 15) is 0 Å². The summed E-state index contributed by atoms with van der Waals surface area (Å²) in [5, 5.41) is 4.17. The normalized spacial score (nSPS) is 14.3. The van der Waals surface area contributed by atoms with Crippen molar-refractivity contribution in [2.24, 2.45) is 0 Å². The van der Waals surface area contributed by atoms with Gasteiger partial charge in [-0.25, -0.2) is 0 Å². The van der Waals surface area contributed by atoms with Crippen molar-refractivity contribution in [3.05, 3.63) is 54.4 Å². The van der Waals surface area contributed by atoms with Crippen molar-refractivity contribution in [2.45, 2.75) is 45.2 Å². The molecular formula is C20H25N3OS. The van der Waals surface area contributed by atoms with E-state index in [0.29, 0.717) is 12.6 Å². The first-order valence-electron chi connectivity index (χ1n) is 8.96. The molecule has 1 aliphatic carbocycles. The number of thiocarbonyl (C=S) groups is 1. The van der Waals surface area contributed by atoms with E-state index < -0.39 is 0 Å². The van der Waals surface area contributed by atoms with Crippen LogP contribution in [0.4, 0.5) is 5.69 Å². The Morgan fingerprint density at radius 1 is 1.20 bits per heavy atom. The molecule has 1 saturated carbocycles. The highest BCUT2D eigenvalue weighted by Crippen LogP contribution is 2.28. The van der Waals surface area contributed by atoms with E-state index in [1.807, 2.05) is 43.6 Å². The molecule has 3 rings (SSSR count). The van der Waals surface area contributed by atoms with Crippen LogP contribution >= 0.6 is 12.2 Å². The molecule has 2 aromatic rings. The highest BCUT2D eigenvalue weighted by molar-refractivity contribution is 7.80. The predicted molar refractivity (Wildman–Crippen MR) is 106 cm³/mol. The second-order valence-corrected chi connectivity index (χ2v) is 6.67. The van der Waals surface area contributed by atoms with Crippen LogP contribution in [0.2, 0.25) is 0 Å². The molecule has 0 atom stereocenters. The van der Waals surface area contributed by atoms with Crippen molar-refractivity contribution >= 4 is 23.0 Å². The van der Waals surface area contributed by atoms with Gasteiger partial charge >= 0.3 is 0 Å². The summed E-state index contributed by atoms with van der Waals surface area (Å²) >= 11 is 5.78. The third-order valence-electron chi connectivity index (χ3n) is 4.56. The fourth-order valence-corrected chi connectivity index (χ4v) is 3.63. The van der Waals surface area contributed by atoms with Gasteiger partial charge in [0.2, 0.25) is 0 Å². The highest BCUT2D eigenvalue weighted by atomic mass is 32.1. The number of aromatic nitrogens is 1. The topological polar surface area (TPSA) is 37.4 Å². The summed E-state index contributed by atoms with van der Waals surface area (Å²) in [6.45, 7) is 3.42. The Morgan fingerprint density at radius 2 is 1.92 bits per heavy atom. The standard InChI is InChI=1S/C20H25N3OS/c1-2-24-19-10-6-5-9-18(19)22-20(25)23(17-7-3-4-8-17)15-16-11-13-21-14-12-16/h5-6,9-14,17H,2-4,7-8,15H2,1H3,(H,22,25). The molecule has 0 radical (unpaired) electrons. The van der Waals surface area contributed by atoms with E-state index in [0.717, 1.165) is 23.1 Å². The van der Waals surface area contributed by atoms with Crippen LogP contribution in [-0.2, 0) is 6.54 Å². The van der Waals surface area contributed by atoms with Crippen LogP contribution in [0.1, 0.15) is 38.2 Å². The lowest BCUT2D eigenvalue weighted by Gasteiger charge is -2.32. The molecule has 0 bridgehead atoms. The number of nitrogens with zero attached hydrogens (tertiary/aromatic N) is 2. The predicted octanol–water partition coefficient (Wildman–Crippen LogP) is 4.62. The van der Waals surface area contributed by atoms with Gasteiger partial charge < -0.3 is 15.0 Å². The van der Waals surface area contributed by atoms with E-state index in [1.54, 1.807) is 0 Å². The van der Waals surface area contributed by atoms with Gasteiger partial charge in [-0.2, -0.15) is 0 Å². The maximum absolute atomic E-state index is 5.78. The van der Waals surface area contributed by atoms with Crippen molar-refractivity contribution in [3.8, 4) is 5.75 Å². The molecule has 132 valence electrons. The number of rotatable bonds is 6. The van der Waals surface area contributed by atoms with E-state index in [-0.39, 0.29) is 0 Å². The molecule has 0 aliphatic heterocycles. The SMILES string of the molecule is CCOc1ccccc1NC(=S)N(Cc1ccncc1)C1CCCC1. The average molecular weight is 356 g/mol. The van der Waals surface area contributed by atoms with Crippen LogP contribution in [0.15, 0.2) is 48.8 Å². The van der Waals surface area contributed by atoms with Gasteiger partial charge in [-0.1, -0.05) is 25.0 Å². The molecule has 1 aromatic heterocycles. The summed E-state index contributed by atoms with van der Waals surface area (Å²) in [5.74, 6) is 0.836. The molecule has 5 heteroatoms. The fraction of sp³-hybridized carbons (Fsp3) is 0.400. The number of ether oxygens (including phenoxy) is 1. The maximum Gasteiger partial charge on any atom is 0.174 e. The Bertz CT molecular complexity index is 686. The molecule has 0 amide bonds. The number of hydrogen-bond acceptors (Lipinski definition) is 3. The monoisotopic (exact) mass is 355 g/mol. The summed E-state index contributed by atoms with van der Waals surface area (Å²) in [6.07, 6.45) is 8.61. The van der Waals surface area contributed by atoms with Crippen LogP contribution in [0.5, 0.6) is 5.75 Å². The van der Waals surface area contributed by atoms with Gasteiger partial charge in [0.1, 0.15) is 5.75 Å². The van der Waals surface area contributed by atoms with E-state index in [1.165, 1.54) is 31.2 Å². The zero-order valence-electron chi connectivity index (χ0n) is 14.6. The lowest BCUT2D eigenvalue weighted by atomic mass is 10.2. The summed E-state index contributed by atoms with van der Waals surface area (Å²) in [6, 6.07) is 12.6. The van der Waals surface area contributed by atoms with Crippen molar-refractivity contribution in [3.63, 3.8) is 0 Å². The van der Waals surface area contributed by atoms with Crippen LogP contribution in [0.25, 0.3) is 0 Å². The van der Waals surface area contributed by atoms with Gasteiger partial charge in [0.05, 0.1) is 12.3 Å². The molecule has 1 fully saturated rings. The second-order valence-electron chi connectivity index (χ2n) is 6.28. The zero-order chi connectivity index (χ0) is 17.5. The number of para-hydroxylation sites is 2. The molecule has 1 aromatic carbocycles. The number of pyridine rings is 1. The van der Waals surface area contributed by atoms with Crippen molar-refractivity contribution in [1.82, 2.24) is 9.88 Å². The molecule has 1 N–H and O–H groups in total. The Hall–Kier alpha value is -2.14. The van der Waals surface area contributed by atoms with E-state index >= 15 is 0 Å². The molecule has 0 spiro atoms. The van der Waals surface area contributed by atoms with Crippen LogP contribution in [-0.4, -0.2) is 27.6 Å². The molecule has 1 heterocycles. The third-order valence-corrected chi connectivity index (χ3v) is 4.89. The lowest BCUT2D eigenvalue weighted by molar-refractivity contribution is 0.311. The average Bonchev–Trinajstić information content (AvgIpc) is 3.17. The quantitative estimate of drug-likeness (QED) is 0.765. The lowest BCUT2D eigenvalue weighted by Crippen LogP contribution is -2.41. The first-order chi connectivity index (χ1) is 12.3. The van der Waals surface area contributed by atoms with Crippen molar-refractivity contribution in [2.75, 3.05) is 11.9 Å². The summed E-state index contributed by atoms with van der Waals surface area (Å²) in [7, 11) is 0. The Morgan fingerprint density at radius 3 is 2.64 bits per heavy atom. The molecule has 4 nitrogen and oxygen atoms in total. The first kappa shape index (κ1) is 17.7. The maximum atomic E-state index is 5.78. The van der Waals surface area contributed by atoms with Gasteiger partial charge in [0, 0.05) is 25.0 Å². The number of anilines is 1. The summed E-state index contributed by atoms with van der Waals surface area (Å²) in [4.78, 5) is 6.43. The largest absolute Gasteiger partial charge is 0.492 e. The van der Waals surface area contributed by atoms with E-state index in [2.05, 4.69) is 27.3 Å². The zero-order valence-corrected chi connectivity index (χ0v) is 15.5. The molecule has 0 saturated heterocycles. The van der Waals surface area contributed by atoms with Gasteiger partial charge in [0.15, 0.2) is 5.11 Å². The van der Waals surface area contributed by atoms with Gasteiger partial charge in [-0.15, -0.1) is 0 Å². The number of hydrogen-bond donors (Lipinski definition) is 1. The van der Waals surface area contributed by atoms with Crippen molar-refractivity contribution < 1.29 is 4.74 Å². The van der Waals surface area contributed by atoms with Crippen molar-refractivity contribution in [1.29, 1.82) is 0 Å². The number of nitrogens with one attached hydrogen (secondary N) is 1. The molecular weight excluding hydrogens is 330 g/mol. The molecule has 1 aliphatic rings. The highest BCUT2D eigenvalue weighted by Gasteiger charge is 2.25. The fourth-order valence-electron chi connectivity index (χ4n) is 3.31. The smallest absolute Gasteiger partial charge is 0.174 e. The minimum Gasteiger partial charge on any atom is -0.492 e. The van der Waals surface area contributed by atoms with Crippen LogP contribution in [0.3, 0.4) is 0 Å². The number of benzene rings is 1. The van der Waals surface area contributed by atoms with Crippen LogP contribution < -0.4 is 10.1 Å². The minimum atomic E-state index is 0.493.